The quantitative estimate of drug-likeness (QED) is 0.555. The van der Waals surface area contributed by atoms with Crippen molar-refractivity contribution >= 4 is 23.2 Å². The number of hydrogen-bond acceptors (Lipinski definition) is 2. The lowest BCUT2D eigenvalue weighted by Gasteiger charge is -2.19. The Hall–Kier alpha value is -1.90. The summed E-state index contributed by atoms with van der Waals surface area (Å²) in [6.07, 6.45) is 2.51. The molecule has 0 aromatic heterocycles. The van der Waals surface area contributed by atoms with Gasteiger partial charge in [-0.3, -0.25) is 0 Å². The highest BCUT2D eigenvalue weighted by Gasteiger charge is 2.17. The molecule has 0 aliphatic rings. The van der Waals surface area contributed by atoms with E-state index in [4.69, 9.17) is 32.7 Å². The van der Waals surface area contributed by atoms with Crippen LogP contribution in [0, 0.1) is 0 Å². The van der Waals surface area contributed by atoms with Crippen LogP contribution in [-0.2, 0) is 6.42 Å². The Morgan fingerprint density at radius 3 is 2.12 bits per heavy atom. The maximum absolute atomic E-state index is 6.27. The largest absolute Gasteiger partial charge is 0.495 e. The number of halogens is 2. The Kier molecular flexibility index (Phi) is 6.36. The molecule has 0 unspecified atom stereocenters. The van der Waals surface area contributed by atoms with E-state index >= 15 is 0 Å². The predicted molar refractivity (Wildman–Crippen MR) is 102 cm³/mol. The van der Waals surface area contributed by atoms with Crippen LogP contribution in [-0.4, -0.2) is 14.2 Å². The number of rotatable bonds is 7. The Morgan fingerprint density at radius 2 is 1.62 bits per heavy atom. The minimum Gasteiger partial charge on any atom is -0.495 e. The zero-order valence-electron chi connectivity index (χ0n) is 13.8. The summed E-state index contributed by atoms with van der Waals surface area (Å²) in [5.41, 5.74) is 3.06. The van der Waals surface area contributed by atoms with Crippen LogP contribution in [0.15, 0.2) is 61.2 Å². The van der Waals surface area contributed by atoms with E-state index in [1.54, 1.807) is 20.3 Å². The maximum atomic E-state index is 6.27. The molecule has 0 aliphatic carbocycles. The second-order valence-corrected chi connectivity index (χ2v) is 6.21. The lowest BCUT2D eigenvalue weighted by atomic mass is 9.86. The Bertz CT molecular complexity index is 753. The summed E-state index contributed by atoms with van der Waals surface area (Å²) in [5.74, 6) is 1.36. The highest BCUT2D eigenvalue weighted by molar-refractivity contribution is 6.32. The molecule has 0 N–H and O–H groups in total. The zero-order valence-corrected chi connectivity index (χ0v) is 15.3. The third kappa shape index (κ3) is 4.14. The van der Waals surface area contributed by atoms with Gasteiger partial charge in [-0.25, -0.2) is 0 Å². The topological polar surface area (TPSA) is 18.5 Å². The molecule has 1 atom stereocenters. The monoisotopic (exact) mass is 362 g/mol. The van der Waals surface area contributed by atoms with Crippen molar-refractivity contribution in [3.8, 4) is 11.5 Å². The fraction of sp³-hybridized carbons (Fsp3) is 0.200. The first kappa shape index (κ1) is 18.4. The van der Waals surface area contributed by atoms with Gasteiger partial charge in [-0.05, 0) is 47.4 Å². The number of benzene rings is 2. The Labute approximate surface area is 153 Å². The fourth-order valence-corrected chi connectivity index (χ4v) is 3.12. The molecule has 0 bridgehead atoms. The molecule has 2 nitrogen and oxygen atoms in total. The third-order valence-electron chi connectivity index (χ3n) is 3.94. The molecule has 126 valence electrons. The van der Waals surface area contributed by atoms with Crippen LogP contribution in [0.3, 0.4) is 0 Å². The Balaban J connectivity index is 2.35. The van der Waals surface area contributed by atoms with Crippen LogP contribution in [0.2, 0.25) is 10.0 Å². The van der Waals surface area contributed by atoms with Crippen LogP contribution in [0.1, 0.15) is 17.0 Å². The SMILES string of the molecule is C=CC(=C)[C@H](Cc1ccc(OC)c(Cl)c1)c1ccc(OC)c(Cl)c1. The molecular weight excluding hydrogens is 343 g/mol. The number of ether oxygens (including phenoxy) is 2. The van der Waals surface area contributed by atoms with Gasteiger partial charge >= 0.3 is 0 Å². The third-order valence-corrected chi connectivity index (χ3v) is 4.53. The molecule has 4 heteroatoms. The van der Waals surface area contributed by atoms with E-state index in [0.717, 1.165) is 23.1 Å². The first-order chi connectivity index (χ1) is 11.5. The van der Waals surface area contributed by atoms with Gasteiger partial charge < -0.3 is 9.47 Å². The van der Waals surface area contributed by atoms with E-state index in [-0.39, 0.29) is 5.92 Å². The number of methoxy groups -OCH3 is 2. The van der Waals surface area contributed by atoms with E-state index in [2.05, 4.69) is 13.2 Å². The summed E-state index contributed by atoms with van der Waals surface area (Å²) >= 11 is 12.5. The molecule has 2 rings (SSSR count). The van der Waals surface area contributed by atoms with Crippen molar-refractivity contribution in [2.75, 3.05) is 14.2 Å². The van der Waals surface area contributed by atoms with Crippen molar-refractivity contribution in [2.45, 2.75) is 12.3 Å². The summed E-state index contributed by atoms with van der Waals surface area (Å²) in [6.45, 7) is 7.97. The van der Waals surface area contributed by atoms with Crippen LogP contribution in [0.4, 0.5) is 0 Å². The molecule has 0 aliphatic heterocycles. The minimum absolute atomic E-state index is 0.0513. The van der Waals surface area contributed by atoms with Gasteiger partial charge in [0.2, 0.25) is 0 Å². The van der Waals surface area contributed by atoms with Crippen molar-refractivity contribution < 1.29 is 9.47 Å². The Morgan fingerprint density at radius 1 is 1.04 bits per heavy atom. The van der Waals surface area contributed by atoms with Crippen molar-refractivity contribution in [1.29, 1.82) is 0 Å². The lowest BCUT2D eigenvalue weighted by molar-refractivity contribution is 0.414. The molecular formula is C20H20Cl2O2. The lowest BCUT2D eigenvalue weighted by Crippen LogP contribution is -2.05. The molecule has 0 radical (unpaired) electrons. The van der Waals surface area contributed by atoms with Gasteiger partial charge in [-0.1, -0.05) is 54.6 Å². The minimum atomic E-state index is 0.0513. The van der Waals surface area contributed by atoms with Crippen molar-refractivity contribution in [1.82, 2.24) is 0 Å². The van der Waals surface area contributed by atoms with Crippen LogP contribution < -0.4 is 9.47 Å². The average Bonchev–Trinajstić information content (AvgIpc) is 2.59. The van der Waals surface area contributed by atoms with Crippen LogP contribution in [0.25, 0.3) is 0 Å². The normalized spacial score (nSPS) is 11.7. The van der Waals surface area contributed by atoms with E-state index < -0.39 is 0 Å². The molecule has 2 aromatic carbocycles. The van der Waals surface area contributed by atoms with Gasteiger partial charge in [0, 0.05) is 5.92 Å². The van der Waals surface area contributed by atoms with Gasteiger partial charge in [0.25, 0.3) is 0 Å². The number of hydrogen-bond donors (Lipinski definition) is 0. The second-order valence-electron chi connectivity index (χ2n) is 5.40. The first-order valence-corrected chi connectivity index (χ1v) is 8.22. The van der Waals surface area contributed by atoms with Gasteiger partial charge in [0.15, 0.2) is 0 Å². The predicted octanol–water partition coefficient (Wildman–Crippen LogP) is 6.08. The van der Waals surface area contributed by atoms with Crippen LogP contribution in [0.5, 0.6) is 11.5 Å². The van der Waals surface area contributed by atoms with E-state index in [9.17, 15) is 0 Å². The molecule has 2 aromatic rings. The highest BCUT2D eigenvalue weighted by Crippen LogP contribution is 2.35. The number of allylic oxidation sites excluding steroid dienone is 2. The van der Waals surface area contributed by atoms with Gasteiger partial charge in [0.05, 0.1) is 24.3 Å². The summed E-state index contributed by atoms with van der Waals surface area (Å²) < 4.78 is 10.4. The van der Waals surface area contributed by atoms with E-state index in [1.807, 2.05) is 36.4 Å². The standard InChI is InChI=1S/C20H20Cl2O2/c1-5-13(2)16(15-7-9-20(24-4)18(22)12-15)10-14-6-8-19(23-3)17(21)11-14/h5-9,11-12,16H,1-2,10H2,3-4H3/t16-/m0/s1. The second kappa shape index (κ2) is 8.27. The summed E-state index contributed by atoms with van der Waals surface area (Å²) in [4.78, 5) is 0. The highest BCUT2D eigenvalue weighted by atomic mass is 35.5. The molecule has 0 saturated heterocycles. The molecule has 24 heavy (non-hydrogen) atoms. The first-order valence-electron chi connectivity index (χ1n) is 7.47. The zero-order chi connectivity index (χ0) is 17.7. The van der Waals surface area contributed by atoms with Gasteiger partial charge in [-0.15, -0.1) is 0 Å². The molecule has 0 fully saturated rings. The van der Waals surface area contributed by atoms with Crippen molar-refractivity contribution in [3.05, 3.63) is 82.4 Å². The van der Waals surface area contributed by atoms with Crippen LogP contribution >= 0.6 is 23.2 Å². The smallest absolute Gasteiger partial charge is 0.137 e. The fourth-order valence-electron chi connectivity index (χ4n) is 2.58. The van der Waals surface area contributed by atoms with E-state index in [1.165, 1.54) is 0 Å². The summed E-state index contributed by atoms with van der Waals surface area (Å²) in [6, 6.07) is 11.5. The maximum Gasteiger partial charge on any atom is 0.137 e. The van der Waals surface area contributed by atoms with Crippen molar-refractivity contribution in [2.24, 2.45) is 0 Å². The molecule has 0 saturated carbocycles. The summed E-state index contributed by atoms with van der Waals surface area (Å²) in [5, 5.41) is 1.16. The molecule has 0 heterocycles. The molecule has 0 spiro atoms. The van der Waals surface area contributed by atoms with Gasteiger partial charge in [-0.2, -0.15) is 0 Å². The summed E-state index contributed by atoms with van der Waals surface area (Å²) in [7, 11) is 3.20. The van der Waals surface area contributed by atoms with Crippen molar-refractivity contribution in [3.63, 3.8) is 0 Å². The molecule has 0 amide bonds. The van der Waals surface area contributed by atoms with Gasteiger partial charge in [0.1, 0.15) is 11.5 Å². The average molecular weight is 363 g/mol. The van der Waals surface area contributed by atoms with E-state index in [0.29, 0.717) is 21.5 Å².